The summed E-state index contributed by atoms with van der Waals surface area (Å²) in [4.78, 5) is 42.3. The molecule has 1 saturated heterocycles. The minimum Gasteiger partial charge on any atom is -0.374 e. The summed E-state index contributed by atoms with van der Waals surface area (Å²) in [6, 6.07) is 3.96. The quantitative estimate of drug-likeness (QED) is 0.495. The van der Waals surface area contributed by atoms with Crippen LogP contribution in [0.4, 0.5) is 4.39 Å². The third-order valence-electron chi connectivity index (χ3n) is 9.60. The number of benzene rings is 1. The molecule has 2 saturated carbocycles. The summed E-state index contributed by atoms with van der Waals surface area (Å²) < 4.78 is 20.1. The maximum Gasteiger partial charge on any atom is 0.243 e. The van der Waals surface area contributed by atoms with Gasteiger partial charge >= 0.3 is 0 Å². The summed E-state index contributed by atoms with van der Waals surface area (Å²) in [5.41, 5.74) is 0.744. The van der Waals surface area contributed by atoms with Gasteiger partial charge in [-0.15, -0.1) is 0 Å². The van der Waals surface area contributed by atoms with Crippen molar-refractivity contribution in [3.8, 4) is 0 Å². The molecule has 3 fully saturated rings. The minimum atomic E-state index is -0.841. The lowest BCUT2D eigenvalue weighted by Crippen LogP contribution is -2.58. The fourth-order valence-electron chi connectivity index (χ4n) is 6.89. The fraction of sp³-hybridized carbons (Fsp3) is 0.727. The maximum absolute atomic E-state index is 13.9. The Bertz CT molecular complexity index is 1030. The summed E-state index contributed by atoms with van der Waals surface area (Å²) in [7, 11) is 1.67. The number of nitrogens with zero attached hydrogens (tertiary/aromatic N) is 1. The number of carbonyl (C=O) groups excluding carboxylic acids is 3. The second kappa shape index (κ2) is 15.8. The zero-order chi connectivity index (χ0) is 30.1. The summed E-state index contributed by atoms with van der Waals surface area (Å²) in [6.07, 6.45) is 12.0. The van der Waals surface area contributed by atoms with E-state index in [1.807, 2.05) is 0 Å². The van der Waals surface area contributed by atoms with E-state index in [9.17, 15) is 18.8 Å². The molecule has 234 valence electrons. The number of ether oxygens (including phenoxy) is 1. The first kappa shape index (κ1) is 32.4. The van der Waals surface area contributed by atoms with Crippen LogP contribution in [0.1, 0.15) is 90.0 Å². The van der Waals surface area contributed by atoms with Crippen LogP contribution in [-0.4, -0.2) is 73.1 Å². The first-order valence-corrected chi connectivity index (χ1v) is 16.2. The van der Waals surface area contributed by atoms with E-state index >= 15 is 0 Å². The van der Waals surface area contributed by atoms with Crippen molar-refractivity contribution in [3.05, 3.63) is 35.6 Å². The molecule has 6 atom stereocenters. The molecule has 8 nitrogen and oxygen atoms in total. The number of fused-ring (bicyclic) bond motifs is 1. The van der Waals surface area contributed by atoms with Gasteiger partial charge in [0, 0.05) is 26.6 Å². The molecule has 2 aliphatic carbocycles. The van der Waals surface area contributed by atoms with Crippen LogP contribution in [0, 0.1) is 17.7 Å². The highest BCUT2D eigenvalue weighted by molar-refractivity contribution is 5.93. The lowest BCUT2D eigenvalue weighted by Gasteiger charge is -2.37. The second-order valence-corrected chi connectivity index (χ2v) is 12.8. The molecule has 3 aliphatic rings. The monoisotopic (exact) mass is 586 g/mol. The Kier molecular flexibility index (Phi) is 12.2. The van der Waals surface area contributed by atoms with Crippen LogP contribution in [0.2, 0.25) is 0 Å². The van der Waals surface area contributed by atoms with E-state index in [0.29, 0.717) is 19.0 Å². The van der Waals surface area contributed by atoms with Crippen molar-refractivity contribution in [1.29, 1.82) is 0 Å². The van der Waals surface area contributed by atoms with Crippen LogP contribution < -0.4 is 16.0 Å². The number of nitrogens with one attached hydrogen (secondary N) is 3. The van der Waals surface area contributed by atoms with Crippen molar-refractivity contribution in [2.24, 2.45) is 11.8 Å². The van der Waals surface area contributed by atoms with Gasteiger partial charge in [0.15, 0.2) is 0 Å². The van der Waals surface area contributed by atoms with E-state index in [2.05, 4.69) is 22.9 Å². The Balaban J connectivity index is 1.55. The largest absolute Gasteiger partial charge is 0.374 e. The number of halogens is 1. The predicted octanol–water partition coefficient (Wildman–Crippen LogP) is 4.11. The van der Waals surface area contributed by atoms with Crippen molar-refractivity contribution < 1.29 is 23.5 Å². The van der Waals surface area contributed by atoms with Crippen LogP contribution in [0.25, 0.3) is 0 Å². The molecule has 0 bridgehead atoms. The number of rotatable bonds is 3. The van der Waals surface area contributed by atoms with Crippen molar-refractivity contribution in [3.63, 3.8) is 0 Å². The molecular formula is C33H51FN4O4. The van der Waals surface area contributed by atoms with Gasteiger partial charge in [-0.3, -0.25) is 14.4 Å². The number of amides is 3. The number of likely N-dealkylation sites (N-methyl/N-ethyl adjacent to an activating group) is 1. The standard InChI is InChI=1S/C33H51FN4O4/c1-22-21-36-30(26-11-5-4-6-12-26)33(41)38(3)23(2)31(39)37-28(20-24-15-17-27(34)18-16-24)32(40)35-19-9-13-25-10-7-8-14-29(25)42-22/h15-18,22-23,25-26,28-30,36H,4-14,19-21H2,1-3H3,(H,35,40)(H,37,39)/t22-,23-,25?,28-,29?,30+/m1/s1. The van der Waals surface area contributed by atoms with Crippen molar-refractivity contribution in [2.75, 3.05) is 20.1 Å². The van der Waals surface area contributed by atoms with Crippen LogP contribution in [0.5, 0.6) is 0 Å². The molecule has 0 aromatic heterocycles. The van der Waals surface area contributed by atoms with E-state index in [4.69, 9.17) is 4.74 Å². The summed E-state index contributed by atoms with van der Waals surface area (Å²) in [6.45, 7) is 4.87. The van der Waals surface area contributed by atoms with Gasteiger partial charge in [-0.05, 0) is 81.9 Å². The molecule has 3 N–H and O–H groups in total. The Labute approximate surface area is 250 Å². The zero-order valence-electron chi connectivity index (χ0n) is 25.7. The molecule has 4 rings (SSSR count). The maximum atomic E-state index is 13.9. The number of carbonyl (C=O) groups is 3. The van der Waals surface area contributed by atoms with Gasteiger partial charge in [0.2, 0.25) is 17.7 Å². The Morgan fingerprint density at radius 2 is 1.50 bits per heavy atom. The molecule has 0 radical (unpaired) electrons. The average Bonchev–Trinajstić information content (AvgIpc) is 3.00. The SMILES string of the molecule is C[C@@H]1CN[C@@H](C2CCCCC2)C(=O)N(C)[C@H](C)C(=O)N[C@H](Cc2ccc(F)cc2)C(=O)NCCCC2CCCCC2O1. The smallest absolute Gasteiger partial charge is 0.243 e. The van der Waals surface area contributed by atoms with Crippen LogP contribution in [0.15, 0.2) is 24.3 Å². The van der Waals surface area contributed by atoms with E-state index in [0.717, 1.165) is 63.4 Å². The normalized spacial score (nSPS) is 31.8. The van der Waals surface area contributed by atoms with Crippen molar-refractivity contribution in [2.45, 2.75) is 121 Å². The molecule has 0 spiro atoms. The molecule has 2 unspecified atom stereocenters. The molecular weight excluding hydrogens is 535 g/mol. The first-order chi connectivity index (χ1) is 20.2. The molecule has 42 heavy (non-hydrogen) atoms. The lowest BCUT2D eigenvalue weighted by atomic mass is 9.83. The van der Waals surface area contributed by atoms with Gasteiger partial charge in [0.1, 0.15) is 17.9 Å². The zero-order valence-corrected chi connectivity index (χ0v) is 25.7. The van der Waals surface area contributed by atoms with E-state index in [1.165, 1.54) is 29.9 Å². The Morgan fingerprint density at radius 3 is 2.24 bits per heavy atom. The predicted molar refractivity (Wildman–Crippen MR) is 161 cm³/mol. The van der Waals surface area contributed by atoms with Gasteiger partial charge < -0.3 is 25.6 Å². The van der Waals surface area contributed by atoms with Crippen molar-refractivity contribution >= 4 is 17.7 Å². The molecule has 9 heteroatoms. The Hall–Kier alpha value is -2.52. The summed E-state index contributed by atoms with van der Waals surface area (Å²) in [5, 5.41) is 9.49. The van der Waals surface area contributed by atoms with Gasteiger partial charge in [0.25, 0.3) is 0 Å². The first-order valence-electron chi connectivity index (χ1n) is 16.2. The number of hydrogen-bond acceptors (Lipinski definition) is 5. The summed E-state index contributed by atoms with van der Waals surface area (Å²) in [5.74, 6) is -0.477. The molecule has 1 aliphatic heterocycles. The molecule has 1 heterocycles. The van der Waals surface area contributed by atoms with Crippen LogP contribution in [0.3, 0.4) is 0 Å². The third-order valence-corrected chi connectivity index (χ3v) is 9.60. The Morgan fingerprint density at radius 1 is 0.857 bits per heavy atom. The minimum absolute atomic E-state index is 0.0358. The lowest BCUT2D eigenvalue weighted by molar-refractivity contribution is -0.142. The van der Waals surface area contributed by atoms with E-state index < -0.39 is 24.0 Å². The average molecular weight is 587 g/mol. The van der Waals surface area contributed by atoms with Gasteiger partial charge in [-0.1, -0.05) is 44.2 Å². The van der Waals surface area contributed by atoms with E-state index in [1.54, 1.807) is 26.1 Å². The van der Waals surface area contributed by atoms with Gasteiger partial charge in [-0.2, -0.15) is 0 Å². The fourth-order valence-corrected chi connectivity index (χ4v) is 6.89. The van der Waals surface area contributed by atoms with Crippen molar-refractivity contribution in [1.82, 2.24) is 20.9 Å². The summed E-state index contributed by atoms with van der Waals surface area (Å²) >= 11 is 0. The van der Waals surface area contributed by atoms with Gasteiger partial charge in [-0.25, -0.2) is 4.39 Å². The van der Waals surface area contributed by atoms with Gasteiger partial charge in [0.05, 0.1) is 18.2 Å². The highest BCUT2D eigenvalue weighted by Crippen LogP contribution is 2.31. The molecule has 3 amide bonds. The van der Waals surface area contributed by atoms with E-state index in [-0.39, 0.29) is 42.2 Å². The highest BCUT2D eigenvalue weighted by Gasteiger charge is 2.36. The van der Waals surface area contributed by atoms with Crippen LogP contribution in [-0.2, 0) is 25.5 Å². The van der Waals surface area contributed by atoms with Crippen LogP contribution >= 0.6 is 0 Å². The topological polar surface area (TPSA) is 99.8 Å². The molecule has 1 aromatic carbocycles. The number of hydrogen-bond donors (Lipinski definition) is 3. The second-order valence-electron chi connectivity index (χ2n) is 12.8. The third kappa shape index (κ3) is 8.99. The molecule has 1 aromatic rings. The highest BCUT2D eigenvalue weighted by atomic mass is 19.1.